The summed E-state index contributed by atoms with van der Waals surface area (Å²) in [5, 5.41) is 0.783. The Balaban J connectivity index is 1.79. The summed E-state index contributed by atoms with van der Waals surface area (Å²) in [5.74, 6) is 1.50. The van der Waals surface area contributed by atoms with Gasteiger partial charge in [0.2, 0.25) is 0 Å². The van der Waals surface area contributed by atoms with Gasteiger partial charge in [0.1, 0.15) is 5.82 Å². The van der Waals surface area contributed by atoms with Crippen LogP contribution in [0.25, 0.3) is 11.3 Å². The minimum atomic E-state index is -0.322. The van der Waals surface area contributed by atoms with Crippen LogP contribution in [0.15, 0.2) is 18.2 Å². The summed E-state index contributed by atoms with van der Waals surface area (Å²) >= 11 is 6.04. The van der Waals surface area contributed by atoms with Crippen LogP contribution >= 0.6 is 11.6 Å². The van der Waals surface area contributed by atoms with Crippen LogP contribution in [-0.4, -0.2) is 9.97 Å². The highest BCUT2D eigenvalue weighted by Crippen LogP contribution is 2.45. The molecule has 2 aliphatic carbocycles. The number of nitrogens with two attached hydrogens (primary N) is 1. The van der Waals surface area contributed by atoms with Crippen molar-refractivity contribution in [3.05, 3.63) is 40.3 Å². The number of fused-ring (bicyclic) bond motifs is 3. The van der Waals surface area contributed by atoms with Gasteiger partial charge in [-0.2, -0.15) is 0 Å². The molecule has 0 radical (unpaired) electrons. The van der Waals surface area contributed by atoms with E-state index >= 15 is 0 Å². The summed E-state index contributed by atoms with van der Waals surface area (Å²) in [5.41, 5.74) is 10.8. The second kappa shape index (κ2) is 3.62. The lowest BCUT2D eigenvalue weighted by Gasteiger charge is -2.21. The average molecular weight is 274 g/mol. The molecule has 2 aromatic rings. The molecular weight excluding hydrogens is 258 g/mol. The van der Waals surface area contributed by atoms with Gasteiger partial charge in [0.25, 0.3) is 0 Å². The third kappa shape index (κ3) is 1.65. The lowest BCUT2D eigenvalue weighted by atomic mass is 9.96. The van der Waals surface area contributed by atoms with E-state index in [1.165, 1.54) is 29.7 Å². The van der Waals surface area contributed by atoms with Crippen molar-refractivity contribution < 1.29 is 0 Å². The fraction of sp³-hybridized carbons (Fsp3) is 0.400. The molecule has 0 aliphatic heterocycles. The van der Waals surface area contributed by atoms with Crippen molar-refractivity contribution in [3.63, 3.8) is 0 Å². The van der Waals surface area contributed by atoms with E-state index in [0.29, 0.717) is 5.92 Å². The van der Waals surface area contributed by atoms with Crippen LogP contribution in [0, 0.1) is 5.92 Å². The minimum Gasteiger partial charge on any atom is -0.343 e. The van der Waals surface area contributed by atoms with Gasteiger partial charge in [-0.15, -0.1) is 0 Å². The highest BCUT2D eigenvalue weighted by molar-refractivity contribution is 6.30. The van der Waals surface area contributed by atoms with E-state index in [1.807, 2.05) is 12.1 Å². The van der Waals surface area contributed by atoms with Crippen LogP contribution < -0.4 is 5.73 Å². The number of H-pyrrole nitrogens is 1. The Morgan fingerprint density at radius 3 is 2.95 bits per heavy atom. The standard InChI is InChI=1S/C15H16ClN3/c1-15(17,9-2-3-9)14-18-12-7-8-6-10(16)4-5-11(8)13(12)19-14/h4-6,9H,2-3,7,17H2,1H3,(H,18,19). The van der Waals surface area contributed by atoms with Gasteiger partial charge < -0.3 is 10.7 Å². The van der Waals surface area contributed by atoms with Crippen molar-refractivity contribution >= 4 is 11.6 Å². The van der Waals surface area contributed by atoms with Gasteiger partial charge in [0.15, 0.2) is 0 Å². The fourth-order valence-corrected chi connectivity index (χ4v) is 3.22. The molecule has 1 saturated carbocycles. The van der Waals surface area contributed by atoms with Crippen molar-refractivity contribution in [2.45, 2.75) is 31.7 Å². The molecule has 3 nitrogen and oxygen atoms in total. The summed E-state index contributed by atoms with van der Waals surface area (Å²) in [6.45, 7) is 2.08. The number of benzene rings is 1. The summed E-state index contributed by atoms with van der Waals surface area (Å²) in [6, 6.07) is 6.00. The predicted octanol–water partition coefficient (Wildman–Crippen LogP) is 3.22. The van der Waals surface area contributed by atoms with E-state index in [-0.39, 0.29) is 5.54 Å². The van der Waals surface area contributed by atoms with Gasteiger partial charge in [-0.3, -0.25) is 0 Å². The van der Waals surface area contributed by atoms with E-state index in [2.05, 4.69) is 18.0 Å². The number of hydrogen-bond acceptors (Lipinski definition) is 2. The van der Waals surface area contributed by atoms with Crippen LogP contribution in [0.1, 0.15) is 36.8 Å². The van der Waals surface area contributed by atoms with E-state index in [4.69, 9.17) is 22.3 Å². The molecule has 1 atom stereocenters. The van der Waals surface area contributed by atoms with E-state index in [1.54, 1.807) is 0 Å². The Bertz CT molecular complexity index is 668. The van der Waals surface area contributed by atoms with E-state index < -0.39 is 0 Å². The van der Waals surface area contributed by atoms with Crippen LogP contribution in [-0.2, 0) is 12.0 Å². The van der Waals surface area contributed by atoms with Gasteiger partial charge in [-0.25, -0.2) is 4.98 Å². The third-order valence-corrected chi connectivity index (χ3v) is 4.64. The topological polar surface area (TPSA) is 54.7 Å². The minimum absolute atomic E-state index is 0.322. The summed E-state index contributed by atoms with van der Waals surface area (Å²) < 4.78 is 0. The van der Waals surface area contributed by atoms with Gasteiger partial charge in [0, 0.05) is 22.7 Å². The Morgan fingerprint density at radius 1 is 1.42 bits per heavy atom. The average Bonchev–Trinajstić information content (AvgIpc) is 3.04. The molecule has 4 heteroatoms. The lowest BCUT2D eigenvalue weighted by Crippen LogP contribution is -2.36. The molecule has 2 aliphatic rings. The molecular formula is C15H16ClN3. The van der Waals surface area contributed by atoms with Gasteiger partial charge in [-0.05, 0) is 43.4 Å². The number of rotatable bonds is 2. The van der Waals surface area contributed by atoms with Crippen molar-refractivity contribution in [1.82, 2.24) is 9.97 Å². The number of nitrogens with one attached hydrogen (secondary N) is 1. The summed E-state index contributed by atoms with van der Waals surface area (Å²) in [6.07, 6.45) is 3.30. The molecule has 98 valence electrons. The smallest absolute Gasteiger partial charge is 0.127 e. The monoisotopic (exact) mass is 273 g/mol. The maximum atomic E-state index is 6.43. The van der Waals surface area contributed by atoms with Crippen LogP contribution in [0.3, 0.4) is 0 Å². The highest BCUT2D eigenvalue weighted by atomic mass is 35.5. The molecule has 1 heterocycles. The molecule has 1 aromatic carbocycles. The maximum Gasteiger partial charge on any atom is 0.127 e. The lowest BCUT2D eigenvalue weighted by molar-refractivity contribution is 0.403. The molecule has 0 saturated heterocycles. The van der Waals surface area contributed by atoms with E-state index in [0.717, 1.165) is 23.0 Å². The van der Waals surface area contributed by atoms with Gasteiger partial charge in [-0.1, -0.05) is 17.7 Å². The molecule has 0 bridgehead atoms. The van der Waals surface area contributed by atoms with E-state index in [9.17, 15) is 0 Å². The number of aromatic nitrogens is 2. The molecule has 19 heavy (non-hydrogen) atoms. The Labute approximate surface area is 117 Å². The first kappa shape index (κ1) is 11.5. The molecule has 1 fully saturated rings. The molecule has 0 spiro atoms. The largest absolute Gasteiger partial charge is 0.343 e. The zero-order chi connectivity index (χ0) is 13.2. The van der Waals surface area contributed by atoms with Crippen LogP contribution in [0.5, 0.6) is 0 Å². The first-order valence-electron chi connectivity index (χ1n) is 6.73. The Kier molecular flexibility index (Phi) is 2.19. The second-order valence-electron chi connectivity index (χ2n) is 5.95. The van der Waals surface area contributed by atoms with Crippen molar-refractivity contribution in [1.29, 1.82) is 0 Å². The molecule has 1 aromatic heterocycles. The summed E-state index contributed by atoms with van der Waals surface area (Å²) in [7, 11) is 0. The zero-order valence-electron chi connectivity index (χ0n) is 10.8. The number of hydrogen-bond donors (Lipinski definition) is 2. The molecule has 0 amide bonds. The Hall–Kier alpha value is -1.32. The zero-order valence-corrected chi connectivity index (χ0v) is 11.6. The van der Waals surface area contributed by atoms with Crippen molar-refractivity contribution in [2.24, 2.45) is 11.7 Å². The molecule has 4 rings (SSSR count). The van der Waals surface area contributed by atoms with Gasteiger partial charge >= 0.3 is 0 Å². The van der Waals surface area contributed by atoms with Crippen molar-refractivity contribution in [3.8, 4) is 11.3 Å². The number of aromatic amines is 1. The normalized spacial score (nSPS) is 19.9. The van der Waals surface area contributed by atoms with Crippen LogP contribution in [0.4, 0.5) is 0 Å². The summed E-state index contributed by atoms with van der Waals surface area (Å²) in [4.78, 5) is 8.21. The van der Waals surface area contributed by atoms with Crippen LogP contribution in [0.2, 0.25) is 5.02 Å². The predicted molar refractivity (Wildman–Crippen MR) is 76.1 cm³/mol. The second-order valence-corrected chi connectivity index (χ2v) is 6.38. The number of halogens is 1. The first-order chi connectivity index (χ1) is 9.05. The number of nitrogens with zero attached hydrogens (tertiary/aromatic N) is 1. The number of imidazole rings is 1. The fourth-order valence-electron chi connectivity index (χ4n) is 3.02. The first-order valence-corrected chi connectivity index (χ1v) is 7.10. The maximum absolute atomic E-state index is 6.43. The third-order valence-electron chi connectivity index (χ3n) is 4.40. The molecule has 3 N–H and O–H groups in total. The quantitative estimate of drug-likeness (QED) is 0.753. The van der Waals surface area contributed by atoms with Gasteiger partial charge in [0.05, 0.1) is 11.2 Å². The van der Waals surface area contributed by atoms with Crippen molar-refractivity contribution in [2.75, 3.05) is 0 Å². The highest BCUT2D eigenvalue weighted by Gasteiger charge is 2.42. The molecule has 1 unspecified atom stereocenters. The Morgan fingerprint density at radius 2 is 2.21 bits per heavy atom. The SMILES string of the molecule is CC(N)(c1nc2c([nH]1)Cc1cc(Cl)ccc1-2)C1CC1.